The maximum atomic E-state index is 12.6. The molecule has 10 heteroatoms. The Kier molecular flexibility index (Phi) is 11.3. The number of rotatable bonds is 3. The van der Waals surface area contributed by atoms with Gasteiger partial charge in [0.25, 0.3) is 0 Å². The molecule has 2 aromatic rings. The summed E-state index contributed by atoms with van der Waals surface area (Å²) in [5.41, 5.74) is 2.40. The number of aryl methyl sites for hydroxylation is 2. The Bertz CT molecular complexity index is 1050. The van der Waals surface area contributed by atoms with Gasteiger partial charge in [-0.05, 0) is 55.0 Å². The highest BCUT2D eigenvalue weighted by atomic mass is 35.5. The largest absolute Gasteiger partial charge is 0.404 e. The van der Waals surface area contributed by atoms with Gasteiger partial charge in [-0.1, -0.05) is 49.7 Å². The first kappa shape index (κ1) is 28.9. The first-order chi connectivity index (χ1) is 15.3. The smallest absolute Gasteiger partial charge is 0.212 e. The van der Waals surface area contributed by atoms with Crippen molar-refractivity contribution in [3.8, 4) is 6.07 Å². The van der Waals surface area contributed by atoms with E-state index in [4.69, 9.17) is 16.9 Å². The molecule has 1 fully saturated rings. The van der Waals surface area contributed by atoms with Gasteiger partial charge in [0, 0.05) is 13.1 Å². The third kappa shape index (κ3) is 10.5. The van der Waals surface area contributed by atoms with Crippen LogP contribution in [0.1, 0.15) is 37.0 Å². The average Bonchev–Trinajstić information content (AvgIpc) is 3.15. The SMILES string of the molecule is CCc1ccccc1F.C[C@H]1CCN(S(=O)(=O)CC(F)(F)F)C1.Cc1ccc(C#N)c(Cl)c1. The summed E-state index contributed by atoms with van der Waals surface area (Å²) >= 11 is 5.71. The molecule has 0 bridgehead atoms. The third-order valence-electron chi connectivity index (χ3n) is 4.71. The van der Waals surface area contributed by atoms with Crippen LogP contribution in [-0.4, -0.2) is 37.7 Å². The van der Waals surface area contributed by atoms with Gasteiger partial charge in [-0.25, -0.2) is 17.1 Å². The second-order valence-corrected chi connectivity index (χ2v) is 10.0. The van der Waals surface area contributed by atoms with Gasteiger partial charge >= 0.3 is 6.18 Å². The molecule has 0 spiro atoms. The Labute approximate surface area is 197 Å². The van der Waals surface area contributed by atoms with Crippen molar-refractivity contribution in [3.63, 3.8) is 0 Å². The lowest BCUT2D eigenvalue weighted by Gasteiger charge is -2.16. The van der Waals surface area contributed by atoms with E-state index in [1.54, 1.807) is 24.3 Å². The average molecular weight is 507 g/mol. The second-order valence-electron chi connectivity index (χ2n) is 7.66. The number of hydrogen-bond donors (Lipinski definition) is 0. The first-order valence-corrected chi connectivity index (χ1v) is 12.2. The molecule has 0 N–H and O–H groups in total. The van der Waals surface area contributed by atoms with Crippen LogP contribution in [0.5, 0.6) is 0 Å². The molecule has 1 heterocycles. The third-order valence-corrected chi connectivity index (χ3v) is 6.83. The maximum absolute atomic E-state index is 12.6. The van der Waals surface area contributed by atoms with Gasteiger partial charge < -0.3 is 0 Å². The minimum atomic E-state index is -4.65. The molecular weight excluding hydrogens is 480 g/mol. The lowest BCUT2D eigenvalue weighted by Crippen LogP contribution is -2.36. The second kappa shape index (κ2) is 12.9. The quantitative estimate of drug-likeness (QED) is 0.470. The molecule has 182 valence electrons. The van der Waals surface area contributed by atoms with Gasteiger partial charge in [0.1, 0.15) is 11.9 Å². The van der Waals surface area contributed by atoms with E-state index >= 15 is 0 Å². The van der Waals surface area contributed by atoms with E-state index < -0.39 is 22.0 Å². The van der Waals surface area contributed by atoms with Gasteiger partial charge in [0.15, 0.2) is 5.75 Å². The lowest BCUT2D eigenvalue weighted by molar-refractivity contribution is -0.107. The van der Waals surface area contributed by atoms with Crippen LogP contribution in [0.3, 0.4) is 0 Å². The van der Waals surface area contributed by atoms with E-state index in [-0.39, 0.29) is 24.8 Å². The maximum Gasteiger partial charge on any atom is 0.404 e. The van der Waals surface area contributed by atoms with E-state index in [1.807, 2.05) is 39.0 Å². The number of sulfonamides is 1. The molecule has 3 rings (SSSR count). The van der Waals surface area contributed by atoms with Crippen LogP contribution in [0.15, 0.2) is 42.5 Å². The number of alkyl halides is 3. The summed E-state index contributed by atoms with van der Waals surface area (Å²) in [6.45, 7) is 6.12. The summed E-state index contributed by atoms with van der Waals surface area (Å²) in [6.07, 6.45) is -3.24. The number of halogens is 5. The van der Waals surface area contributed by atoms with Gasteiger partial charge in [-0.15, -0.1) is 0 Å². The van der Waals surface area contributed by atoms with Crippen LogP contribution < -0.4 is 0 Å². The summed E-state index contributed by atoms with van der Waals surface area (Å²) in [5, 5.41) is 9.00. The van der Waals surface area contributed by atoms with Crippen LogP contribution in [0.4, 0.5) is 17.6 Å². The Morgan fingerprint density at radius 1 is 1.21 bits per heavy atom. The molecule has 0 radical (unpaired) electrons. The molecule has 1 atom stereocenters. The minimum absolute atomic E-state index is 0.0972. The van der Waals surface area contributed by atoms with Gasteiger partial charge in [0.05, 0.1) is 10.6 Å². The van der Waals surface area contributed by atoms with Crippen molar-refractivity contribution in [2.45, 2.75) is 39.8 Å². The first-order valence-electron chi connectivity index (χ1n) is 10.2. The molecular formula is C23H27ClF4N2O2S. The molecule has 1 saturated heterocycles. The Morgan fingerprint density at radius 3 is 2.27 bits per heavy atom. The zero-order valence-electron chi connectivity index (χ0n) is 18.7. The fourth-order valence-electron chi connectivity index (χ4n) is 2.94. The normalized spacial score (nSPS) is 16.2. The van der Waals surface area contributed by atoms with Crippen LogP contribution in [0.25, 0.3) is 0 Å². The zero-order chi connectivity index (χ0) is 25.2. The standard InChI is InChI=1S/C8H6ClN.C8H9F.C7H12F3NO2S/c1-6-2-3-7(5-10)8(9)4-6;1-2-7-5-3-4-6-8(7)9;1-6-2-3-11(4-6)14(12,13)5-7(8,9)10/h2-4H,1H3;3-6H,2H2,1H3;6H,2-5H2,1H3/t;;6-/m..0/s1. The topological polar surface area (TPSA) is 61.2 Å². The summed E-state index contributed by atoms with van der Waals surface area (Å²) in [7, 11) is -4.14. The molecule has 0 unspecified atom stereocenters. The van der Waals surface area contributed by atoms with Gasteiger partial charge in [-0.3, -0.25) is 0 Å². The fraction of sp³-hybridized carbons (Fsp3) is 0.435. The van der Waals surface area contributed by atoms with Crippen molar-refractivity contribution < 1.29 is 26.0 Å². The fourth-order valence-corrected chi connectivity index (χ4v) is 4.68. The lowest BCUT2D eigenvalue weighted by atomic mass is 10.2. The molecule has 0 aromatic heterocycles. The molecule has 4 nitrogen and oxygen atoms in total. The summed E-state index contributed by atoms with van der Waals surface area (Å²) < 4.78 is 71.6. The Morgan fingerprint density at radius 2 is 1.85 bits per heavy atom. The van der Waals surface area contributed by atoms with E-state index in [0.717, 1.165) is 21.9 Å². The van der Waals surface area contributed by atoms with E-state index in [0.29, 0.717) is 17.0 Å². The minimum Gasteiger partial charge on any atom is -0.212 e. The van der Waals surface area contributed by atoms with Crippen LogP contribution in [-0.2, 0) is 16.4 Å². The van der Waals surface area contributed by atoms with Crippen LogP contribution >= 0.6 is 11.6 Å². The molecule has 2 aromatic carbocycles. The van der Waals surface area contributed by atoms with Crippen molar-refractivity contribution in [1.82, 2.24) is 4.31 Å². The van der Waals surface area contributed by atoms with Crippen LogP contribution in [0, 0.1) is 30.0 Å². The number of nitrogens with zero attached hydrogens (tertiary/aromatic N) is 2. The number of benzene rings is 2. The highest BCUT2D eigenvalue weighted by Crippen LogP contribution is 2.24. The molecule has 1 aliphatic rings. The summed E-state index contributed by atoms with van der Waals surface area (Å²) in [4.78, 5) is 0. The predicted molar refractivity (Wildman–Crippen MR) is 122 cm³/mol. The molecule has 33 heavy (non-hydrogen) atoms. The van der Waals surface area contributed by atoms with E-state index in [9.17, 15) is 26.0 Å². The van der Waals surface area contributed by atoms with Crippen molar-refractivity contribution in [2.24, 2.45) is 5.92 Å². The highest BCUT2D eigenvalue weighted by Gasteiger charge is 2.40. The Balaban J connectivity index is 0.000000255. The van der Waals surface area contributed by atoms with Crippen molar-refractivity contribution >= 4 is 21.6 Å². The van der Waals surface area contributed by atoms with Crippen LogP contribution in [0.2, 0.25) is 5.02 Å². The number of hydrogen-bond acceptors (Lipinski definition) is 3. The highest BCUT2D eigenvalue weighted by molar-refractivity contribution is 7.89. The molecule has 0 aliphatic carbocycles. The van der Waals surface area contributed by atoms with Gasteiger partial charge in [0.2, 0.25) is 10.0 Å². The number of nitriles is 1. The molecule has 1 aliphatic heterocycles. The Hall–Kier alpha value is -2.15. The molecule has 0 amide bonds. The molecule has 0 saturated carbocycles. The van der Waals surface area contributed by atoms with Crippen molar-refractivity contribution in [2.75, 3.05) is 18.8 Å². The monoisotopic (exact) mass is 506 g/mol. The van der Waals surface area contributed by atoms with Crippen molar-refractivity contribution in [3.05, 3.63) is 70.0 Å². The summed E-state index contributed by atoms with van der Waals surface area (Å²) in [6, 6.07) is 14.2. The summed E-state index contributed by atoms with van der Waals surface area (Å²) in [5.74, 6) is -1.69. The van der Waals surface area contributed by atoms with Gasteiger partial charge in [-0.2, -0.15) is 18.4 Å². The predicted octanol–water partition coefficient (Wildman–Crippen LogP) is 6.13. The van der Waals surface area contributed by atoms with E-state index in [2.05, 4.69) is 0 Å². The van der Waals surface area contributed by atoms with E-state index in [1.165, 1.54) is 6.07 Å². The zero-order valence-corrected chi connectivity index (χ0v) is 20.2. The van der Waals surface area contributed by atoms with Crippen molar-refractivity contribution in [1.29, 1.82) is 5.26 Å².